The van der Waals surface area contributed by atoms with Crippen molar-refractivity contribution in [1.29, 1.82) is 0 Å². The maximum atomic E-state index is 15.7. The third-order valence-corrected chi connectivity index (χ3v) is 24.8. The van der Waals surface area contributed by atoms with E-state index in [0.29, 0.717) is 70.0 Å². The predicted octanol–water partition coefficient (Wildman–Crippen LogP) is 3.64. The Balaban J connectivity index is 1.12. The van der Waals surface area contributed by atoms with Crippen LogP contribution in [0.1, 0.15) is 125 Å². The molecule has 1 aromatic heterocycles. The lowest BCUT2D eigenvalue weighted by atomic mass is 9.84. The van der Waals surface area contributed by atoms with Crippen LogP contribution in [0.3, 0.4) is 0 Å². The molecule has 2 heterocycles. The molecule has 36 heteroatoms. The second kappa shape index (κ2) is 50.7. The summed E-state index contributed by atoms with van der Waals surface area (Å²) < 4.78 is 0. The average molecular weight is 1850 g/mol. The number of thioether (sulfide) groups is 1. The fraction of sp³-hybridized carbons (Fsp3) is 0.443. The van der Waals surface area contributed by atoms with Gasteiger partial charge in [0.2, 0.25) is 88.6 Å². The summed E-state index contributed by atoms with van der Waals surface area (Å²) in [5.41, 5.74) is 9.18. The molecule has 0 unspecified atom stereocenters. The van der Waals surface area contributed by atoms with Crippen LogP contribution in [0, 0.1) is 11.8 Å². The highest BCUT2D eigenvalue weighted by atomic mass is 32.2. The fourth-order valence-electron chi connectivity index (χ4n) is 16.5. The van der Waals surface area contributed by atoms with Crippen LogP contribution in [-0.2, 0) is 115 Å². The largest absolute Gasteiger partial charge is 0.508 e. The first-order chi connectivity index (χ1) is 63.5. The van der Waals surface area contributed by atoms with Gasteiger partial charge in [-0.05, 0) is 94.8 Å². The van der Waals surface area contributed by atoms with Gasteiger partial charge < -0.3 is 98.4 Å². The summed E-state index contributed by atoms with van der Waals surface area (Å²) in [4.78, 5) is 246. The number of carboxylic acid groups (broad SMARTS) is 1. The number of aliphatic carboxylic acids is 1. The monoisotopic (exact) mass is 1850 g/mol. The van der Waals surface area contributed by atoms with Gasteiger partial charge in [0.05, 0.1) is 31.8 Å². The molecule has 133 heavy (non-hydrogen) atoms. The minimum absolute atomic E-state index is 0.00794. The number of phenols is 2. The molecule has 9 rings (SSSR count). The first kappa shape index (κ1) is 103. The van der Waals surface area contributed by atoms with Crippen molar-refractivity contribution in [3.63, 3.8) is 0 Å². The van der Waals surface area contributed by atoms with E-state index in [4.69, 9.17) is 5.73 Å². The number of nitrogens with two attached hydrogens (primary N) is 1. The van der Waals surface area contributed by atoms with Gasteiger partial charge in [-0.15, -0.1) is 11.8 Å². The van der Waals surface area contributed by atoms with E-state index >= 15 is 43.2 Å². The van der Waals surface area contributed by atoms with Crippen LogP contribution in [-0.4, -0.2) is 272 Å². The number of aromatic nitrogens is 1. The van der Waals surface area contributed by atoms with Crippen LogP contribution in [0.5, 0.6) is 11.5 Å². The quantitative estimate of drug-likeness (QED) is 0.0410. The number of rotatable bonds is 24. The molecular formula is C97H124N16O19S. The van der Waals surface area contributed by atoms with Gasteiger partial charge in [0.25, 0.3) is 0 Å². The van der Waals surface area contributed by atoms with Gasteiger partial charge in [-0.25, -0.2) is 0 Å². The zero-order chi connectivity index (χ0) is 96.5. The van der Waals surface area contributed by atoms with E-state index in [9.17, 15) is 48.9 Å². The van der Waals surface area contributed by atoms with Gasteiger partial charge >= 0.3 is 5.97 Å². The van der Waals surface area contributed by atoms with Crippen LogP contribution in [0.15, 0.2) is 170 Å². The number of carbonyl (C=O) groups is 16. The summed E-state index contributed by atoms with van der Waals surface area (Å²) in [5, 5.41) is 56.2. The van der Waals surface area contributed by atoms with Gasteiger partial charge in [-0.2, -0.15) is 0 Å². The Labute approximate surface area is 777 Å². The molecule has 0 radical (unpaired) electrons. The summed E-state index contributed by atoms with van der Waals surface area (Å²) in [7, 11) is 6.65. The maximum Gasteiger partial charge on any atom is 0.305 e. The molecule has 2 fully saturated rings. The Morgan fingerprint density at radius 2 is 0.902 bits per heavy atom. The van der Waals surface area contributed by atoms with E-state index in [1.54, 1.807) is 135 Å². The third kappa shape index (κ3) is 31.5. The number of fused-ring (bicyclic) bond motifs is 1. The number of likely N-dealkylation sites (N-methyl/N-ethyl adjacent to an activating group) is 5. The Morgan fingerprint density at radius 1 is 0.459 bits per heavy atom. The Hall–Kier alpha value is -13.7. The number of aromatic amines is 1. The number of amides is 15. The van der Waals surface area contributed by atoms with E-state index in [1.165, 1.54) is 93.6 Å². The van der Waals surface area contributed by atoms with Crippen LogP contribution in [0.25, 0.3) is 10.9 Å². The zero-order valence-electron chi connectivity index (χ0n) is 76.3. The standard InChI is InChI=1S/C97H124N16O19S/c1-9-10-35-79-96(131)110(5)56-84(118)102-74(52-86(120)121)91(126)106-77(47-61-27-17-12-18-28-61)95(130)112(7)80(49-62-29-19-13-20-30-62)92(127)107-75(48-65-38-42-68(115)43-39-65)93(128)109(4)55-83(117)101-73(51-66-53-99-70-34-24-23-33-69(66)70)90(125)105-72(45-64-36-40-67(114)41-37-64)89(124)104-71(44-59(2)3)88(123)108-78(87(122)100-54-82(98)116)57-133-58-85(119)103-76(46-60-25-15-11-16-26-60)94(129)113(8)81(97(132)111(79)6)50-63-31-21-14-22-32-63/h11,13-16,19-26,29-34,36-43,53,59,61,71-81,99,114-115H,9-10,12,17-18,27-28,35,44-52,54-58H2,1-8H3,(H2,98,116)(H,100,122)(H,101,117)(H,102,118)(H,103,119)(H,104,124)(H,105,125)(H,106,126)(H,107,127)(H,108,123)(H,120,121)/t71-,72-,73-,74-,75-,76-,77-,78-,79-,80-,81-/m0/s1. The number of H-pyrrole nitrogens is 1. The number of primary amides is 1. The second-order valence-electron chi connectivity index (χ2n) is 34.6. The molecule has 0 bridgehead atoms. The van der Waals surface area contributed by atoms with Crippen molar-refractivity contribution >= 4 is 117 Å². The molecule has 7 aromatic rings. The number of phenolic OH excluding ortho intramolecular Hbond substituents is 2. The Kier molecular flexibility index (Phi) is 39.2. The molecule has 15 N–H and O–H groups in total. The molecule has 1 saturated heterocycles. The van der Waals surface area contributed by atoms with Crippen molar-refractivity contribution in [3.8, 4) is 11.5 Å². The highest BCUT2D eigenvalue weighted by molar-refractivity contribution is 8.00. The SMILES string of the molecule is CCCC[C@H]1C(=O)N(C)CC(=O)N[C@@H](CC(=O)O)C(=O)N[C@@H](CC2CCCCC2)C(=O)N(C)[C@@H](Cc2ccccc2)C(=O)N[C@@H](Cc2ccc(O)cc2)C(=O)N(C)CC(=O)N[C@@H](Cc2c[nH]c3ccccc23)C(=O)N[C@@H](Cc2ccc(O)cc2)C(=O)N[C@@H](CC(C)C)C(=O)N[C@H](C(=O)NCC(N)=O)CSCC(=O)N[C@@H](Cc2ccccc2)C(=O)N(C)[C@@H](Cc2ccccc2)C(=O)N1C. The van der Waals surface area contributed by atoms with Crippen molar-refractivity contribution in [2.45, 2.75) is 196 Å². The van der Waals surface area contributed by atoms with Crippen molar-refractivity contribution in [3.05, 3.63) is 203 Å². The van der Waals surface area contributed by atoms with E-state index < -0.39 is 193 Å². The van der Waals surface area contributed by atoms with Crippen molar-refractivity contribution in [2.24, 2.45) is 17.6 Å². The first-order valence-corrected chi connectivity index (χ1v) is 46.0. The number of hydrogen-bond acceptors (Lipinski definition) is 19. The van der Waals surface area contributed by atoms with Crippen LogP contribution in [0.4, 0.5) is 0 Å². The number of carbonyl (C=O) groups excluding carboxylic acids is 15. The minimum atomic E-state index is -1.89. The normalized spacial score (nSPS) is 22.4. The number of nitrogens with zero attached hydrogens (tertiary/aromatic N) is 5. The highest BCUT2D eigenvalue weighted by Crippen LogP contribution is 2.30. The highest BCUT2D eigenvalue weighted by Gasteiger charge is 2.43. The number of benzene rings is 6. The van der Waals surface area contributed by atoms with E-state index in [0.717, 1.165) is 45.7 Å². The summed E-state index contributed by atoms with van der Waals surface area (Å²) in [5.74, 6) is -16.5. The molecular weight excluding hydrogens is 1730 g/mol. The second-order valence-corrected chi connectivity index (χ2v) is 35.7. The van der Waals surface area contributed by atoms with Gasteiger partial charge in [-0.3, -0.25) is 76.7 Å². The van der Waals surface area contributed by atoms with E-state index in [-0.39, 0.29) is 86.9 Å². The third-order valence-electron chi connectivity index (χ3n) is 23.7. The van der Waals surface area contributed by atoms with Crippen LogP contribution < -0.4 is 53.6 Å². The smallest absolute Gasteiger partial charge is 0.305 e. The lowest BCUT2D eigenvalue weighted by Crippen LogP contribution is -2.60. The van der Waals surface area contributed by atoms with Gasteiger partial charge in [-0.1, -0.05) is 199 Å². The number of nitrogens with one attached hydrogen (secondary N) is 10. The molecule has 2 aliphatic rings. The average Bonchev–Trinajstić information content (AvgIpc) is 1.80. The summed E-state index contributed by atoms with van der Waals surface area (Å²) >= 11 is 0.833. The summed E-state index contributed by atoms with van der Waals surface area (Å²) in [6, 6.07) is 27.7. The number of para-hydroxylation sites is 1. The van der Waals surface area contributed by atoms with Crippen molar-refractivity contribution in [2.75, 3.05) is 66.4 Å². The first-order valence-electron chi connectivity index (χ1n) is 44.8. The molecule has 0 spiro atoms. The van der Waals surface area contributed by atoms with Gasteiger partial charge in [0.15, 0.2) is 0 Å². The van der Waals surface area contributed by atoms with E-state index in [1.807, 2.05) is 6.92 Å². The van der Waals surface area contributed by atoms with Crippen molar-refractivity contribution < 1.29 is 92.0 Å². The maximum absolute atomic E-state index is 15.7. The molecule has 1 aliphatic carbocycles. The molecule has 1 aliphatic heterocycles. The van der Waals surface area contributed by atoms with E-state index in [2.05, 4.69) is 52.8 Å². The minimum Gasteiger partial charge on any atom is -0.508 e. The lowest BCUT2D eigenvalue weighted by Gasteiger charge is -2.37. The fourth-order valence-corrected chi connectivity index (χ4v) is 17.3. The Bertz CT molecular complexity index is 5180. The van der Waals surface area contributed by atoms with Crippen LogP contribution >= 0.6 is 11.8 Å². The molecule has 6 aromatic carbocycles. The number of hydrogen-bond donors (Lipinski definition) is 14. The van der Waals surface area contributed by atoms with Gasteiger partial charge in [0.1, 0.15) is 78.0 Å². The van der Waals surface area contributed by atoms with Gasteiger partial charge in [0, 0.05) is 96.6 Å². The molecule has 712 valence electrons. The summed E-state index contributed by atoms with van der Waals surface area (Å²) in [6.45, 7) is 3.09. The molecule has 11 atom stereocenters. The number of carboxylic acids is 1. The Morgan fingerprint density at radius 3 is 1.46 bits per heavy atom. The topological polar surface area (TPSA) is 500 Å². The predicted molar refractivity (Wildman–Crippen MR) is 498 cm³/mol. The van der Waals surface area contributed by atoms with Crippen molar-refractivity contribution in [1.82, 2.24) is 77.3 Å². The number of aromatic hydroxyl groups is 2. The number of unbranched alkanes of at least 4 members (excludes halogenated alkanes) is 1. The zero-order valence-corrected chi connectivity index (χ0v) is 77.1. The lowest BCUT2D eigenvalue weighted by molar-refractivity contribution is -0.151. The van der Waals surface area contributed by atoms with Crippen LogP contribution in [0.2, 0.25) is 0 Å². The summed E-state index contributed by atoms with van der Waals surface area (Å²) in [6.07, 6.45) is 3.88. The molecule has 35 nitrogen and oxygen atoms in total. The molecule has 15 amide bonds. The molecule has 1 saturated carbocycles.